The van der Waals surface area contributed by atoms with Crippen LogP contribution in [-0.2, 0) is 4.79 Å². The van der Waals surface area contributed by atoms with Crippen molar-refractivity contribution in [2.24, 2.45) is 11.7 Å². The molecule has 6 heteroatoms. The minimum atomic E-state index is -0.442. The van der Waals surface area contributed by atoms with Gasteiger partial charge in [0.25, 0.3) is 5.91 Å². The average molecular weight is 400 g/mol. The molecule has 3 rings (SSSR count). The Balaban J connectivity index is 1.72. The lowest BCUT2D eigenvalue weighted by Gasteiger charge is -2.23. The van der Waals surface area contributed by atoms with Crippen LogP contribution in [0.3, 0.4) is 0 Å². The Hall–Kier alpha value is -2.37. The summed E-state index contributed by atoms with van der Waals surface area (Å²) >= 11 is 6.15. The average Bonchev–Trinajstić information content (AvgIpc) is 3.15. The summed E-state index contributed by atoms with van der Waals surface area (Å²) in [5.74, 6) is -0.0524. The summed E-state index contributed by atoms with van der Waals surface area (Å²) in [5, 5.41) is 6.45. The molecule has 1 saturated carbocycles. The van der Waals surface area contributed by atoms with Gasteiger partial charge in [-0.3, -0.25) is 9.59 Å². The summed E-state index contributed by atoms with van der Waals surface area (Å²) in [4.78, 5) is 25.4. The molecule has 1 aliphatic rings. The number of carbonyl (C=O) groups is 2. The number of nitrogens with one attached hydrogen (secondary N) is 2. The lowest BCUT2D eigenvalue weighted by molar-refractivity contribution is -0.122. The highest BCUT2D eigenvalue weighted by Crippen LogP contribution is 2.25. The van der Waals surface area contributed by atoms with E-state index < -0.39 is 6.04 Å². The normalized spacial score (nSPS) is 19.8. The van der Waals surface area contributed by atoms with Crippen molar-refractivity contribution in [2.75, 3.05) is 6.54 Å². The van der Waals surface area contributed by atoms with Crippen LogP contribution in [0.25, 0.3) is 0 Å². The van der Waals surface area contributed by atoms with Gasteiger partial charge in [-0.2, -0.15) is 0 Å². The Kier molecular flexibility index (Phi) is 7.06. The molecule has 0 aromatic heterocycles. The fraction of sp³-hybridized carbons (Fsp3) is 0.364. The third-order valence-electron chi connectivity index (χ3n) is 5.32. The van der Waals surface area contributed by atoms with E-state index in [9.17, 15) is 9.59 Å². The molecule has 148 valence electrons. The second kappa shape index (κ2) is 9.71. The van der Waals surface area contributed by atoms with Crippen LogP contribution in [0.2, 0.25) is 5.02 Å². The highest BCUT2D eigenvalue weighted by Gasteiger charge is 2.28. The monoisotopic (exact) mass is 399 g/mol. The molecule has 0 spiro atoms. The van der Waals surface area contributed by atoms with Gasteiger partial charge in [-0.15, -0.1) is 0 Å². The van der Waals surface area contributed by atoms with Crippen molar-refractivity contribution >= 4 is 23.4 Å². The van der Waals surface area contributed by atoms with Crippen molar-refractivity contribution in [2.45, 2.75) is 37.8 Å². The first-order chi connectivity index (χ1) is 13.6. The Morgan fingerprint density at radius 3 is 2.50 bits per heavy atom. The molecule has 3 unspecified atom stereocenters. The maximum atomic E-state index is 12.7. The van der Waals surface area contributed by atoms with E-state index in [0.717, 1.165) is 24.8 Å². The molecule has 0 aliphatic heterocycles. The molecule has 2 aromatic carbocycles. The van der Waals surface area contributed by atoms with Gasteiger partial charge < -0.3 is 16.4 Å². The maximum Gasteiger partial charge on any atom is 0.253 e. The number of amides is 2. The molecule has 0 saturated heterocycles. The van der Waals surface area contributed by atoms with E-state index in [4.69, 9.17) is 17.3 Å². The zero-order valence-electron chi connectivity index (χ0n) is 15.7. The summed E-state index contributed by atoms with van der Waals surface area (Å²) in [5.41, 5.74) is 7.08. The summed E-state index contributed by atoms with van der Waals surface area (Å²) in [7, 11) is 0. The number of benzene rings is 2. The smallest absolute Gasteiger partial charge is 0.253 e. The Labute approximate surface area is 170 Å². The van der Waals surface area contributed by atoms with E-state index in [1.54, 1.807) is 24.3 Å². The number of rotatable bonds is 7. The van der Waals surface area contributed by atoms with Crippen molar-refractivity contribution in [1.82, 2.24) is 10.6 Å². The van der Waals surface area contributed by atoms with Gasteiger partial charge in [-0.1, -0.05) is 60.5 Å². The number of hydrogen-bond donors (Lipinski definition) is 3. The molecule has 1 aliphatic carbocycles. The van der Waals surface area contributed by atoms with Crippen LogP contribution in [0.4, 0.5) is 0 Å². The van der Waals surface area contributed by atoms with Crippen LogP contribution < -0.4 is 16.4 Å². The quantitative estimate of drug-likeness (QED) is 0.666. The van der Waals surface area contributed by atoms with Crippen molar-refractivity contribution in [3.05, 3.63) is 70.7 Å². The minimum Gasteiger partial charge on any atom is -0.353 e. The standard InChI is InChI=1S/C22H26ClN3O2/c23-18-11-5-4-10-17(18)22(28)26-20(15-7-2-1-3-8-15)13-21(27)25-19-12-6-9-16(19)14-24/h1-5,7-8,10-11,16,19-20H,6,9,12-14,24H2,(H,25,27)(H,26,28). The lowest BCUT2D eigenvalue weighted by atomic mass is 10.0. The lowest BCUT2D eigenvalue weighted by Crippen LogP contribution is -2.41. The molecule has 28 heavy (non-hydrogen) atoms. The molecule has 3 atom stereocenters. The van der Waals surface area contributed by atoms with E-state index in [1.165, 1.54) is 0 Å². The second-order valence-corrected chi connectivity index (χ2v) is 7.63. The summed E-state index contributed by atoms with van der Waals surface area (Å²) in [6.07, 6.45) is 3.24. The topological polar surface area (TPSA) is 84.2 Å². The van der Waals surface area contributed by atoms with Crippen molar-refractivity contribution < 1.29 is 9.59 Å². The van der Waals surface area contributed by atoms with Crippen molar-refractivity contribution in [1.29, 1.82) is 0 Å². The summed E-state index contributed by atoms with van der Waals surface area (Å²) in [6.45, 7) is 0.580. The molecule has 0 heterocycles. The largest absolute Gasteiger partial charge is 0.353 e. The maximum absolute atomic E-state index is 12.7. The fourth-order valence-electron chi connectivity index (χ4n) is 3.78. The second-order valence-electron chi connectivity index (χ2n) is 7.22. The molecule has 4 N–H and O–H groups in total. The van der Waals surface area contributed by atoms with Gasteiger partial charge in [0.15, 0.2) is 0 Å². The van der Waals surface area contributed by atoms with Crippen LogP contribution in [0, 0.1) is 5.92 Å². The number of halogens is 1. The fourth-order valence-corrected chi connectivity index (χ4v) is 4.00. The number of carbonyl (C=O) groups excluding carboxylic acids is 2. The van der Waals surface area contributed by atoms with Crippen LogP contribution in [0.15, 0.2) is 54.6 Å². The first-order valence-electron chi connectivity index (χ1n) is 9.68. The molecule has 2 amide bonds. The van der Waals surface area contributed by atoms with Crippen LogP contribution in [0.5, 0.6) is 0 Å². The molecular formula is C22H26ClN3O2. The third kappa shape index (κ3) is 5.12. The molecule has 0 radical (unpaired) electrons. The van der Waals surface area contributed by atoms with Gasteiger partial charge in [0.05, 0.1) is 23.0 Å². The van der Waals surface area contributed by atoms with Crippen molar-refractivity contribution in [3.8, 4) is 0 Å². The van der Waals surface area contributed by atoms with Gasteiger partial charge in [-0.25, -0.2) is 0 Å². The van der Waals surface area contributed by atoms with E-state index in [0.29, 0.717) is 23.0 Å². The van der Waals surface area contributed by atoms with Gasteiger partial charge in [0, 0.05) is 6.04 Å². The first kappa shape index (κ1) is 20.4. The number of nitrogens with two attached hydrogens (primary N) is 1. The van der Waals surface area contributed by atoms with E-state index >= 15 is 0 Å². The molecule has 2 aromatic rings. The van der Waals surface area contributed by atoms with Crippen LogP contribution in [-0.4, -0.2) is 24.4 Å². The zero-order valence-corrected chi connectivity index (χ0v) is 16.5. The Morgan fingerprint density at radius 1 is 1.07 bits per heavy atom. The molecule has 5 nitrogen and oxygen atoms in total. The predicted molar refractivity (Wildman–Crippen MR) is 111 cm³/mol. The highest BCUT2D eigenvalue weighted by molar-refractivity contribution is 6.33. The van der Waals surface area contributed by atoms with Gasteiger partial charge >= 0.3 is 0 Å². The molecular weight excluding hydrogens is 374 g/mol. The first-order valence-corrected chi connectivity index (χ1v) is 10.1. The minimum absolute atomic E-state index is 0.0846. The summed E-state index contributed by atoms with van der Waals surface area (Å²) in [6, 6.07) is 16.1. The Morgan fingerprint density at radius 2 is 1.79 bits per heavy atom. The van der Waals surface area contributed by atoms with Gasteiger partial charge in [-0.05, 0) is 43.0 Å². The van der Waals surface area contributed by atoms with E-state index in [2.05, 4.69) is 10.6 Å². The third-order valence-corrected chi connectivity index (χ3v) is 5.65. The van der Waals surface area contributed by atoms with Crippen LogP contribution >= 0.6 is 11.6 Å². The van der Waals surface area contributed by atoms with Crippen molar-refractivity contribution in [3.63, 3.8) is 0 Å². The highest BCUT2D eigenvalue weighted by atomic mass is 35.5. The van der Waals surface area contributed by atoms with Gasteiger partial charge in [0.1, 0.15) is 0 Å². The summed E-state index contributed by atoms with van der Waals surface area (Å²) < 4.78 is 0. The van der Waals surface area contributed by atoms with E-state index in [-0.39, 0.29) is 24.3 Å². The predicted octanol–water partition coefficient (Wildman–Crippen LogP) is 3.44. The SMILES string of the molecule is NCC1CCCC1NC(=O)CC(NC(=O)c1ccccc1Cl)c1ccccc1. The Bertz CT molecular complexity index is 812. The van der Waals surface area contributed by atoms with E-state index in [1.807, 2.05) is 30.3 Å². The zero-order chi connectivity index (χ0) is 19.9. The van der Waals surface area contributed by atoms with Gasteiger partial charge in [0.2, 0.25) is 5.91 Å². The number of hydrogen-bond acceptors (Lipinski definition) is 3. The molecule has 1 fully saturated rings. The van der Waals surface area contributed by atoms with Crippen LogP contribution in [0.1, 0.15) is 47.6 Å². The molecule has 0 bridgehead atoms.